The van der Waals surface area contributed by atoms with Gasteiger partial charge in [0.15, 0.2) is 0 Å². The average molecular weight is 241 g/mol. The number of benzene rings is 1. The second kappa shape index (κ2) is 4.98. The number of hydrogen-bond donors (Lipinski definition) is 1. The minimum atomic E-state index is -0.277. The van der Waals surface area contributed by atoms with Crippen LogP contribution >= 0.6 is 0 Å². The van der Waals surface area contributed by atoms with Crippen molar-refractivity contribution in [3.63, 3.8) is 0 Å². The van der Waals surface area contributed by atoms with Gasteiger partial charge < -0.3 is 9.55 Å². The van der Waals surface area contributed by atoms with Crippen molar-refractivity contribution < 1.29 is 9.55 Å². The number of fused-ring (bicyclic) bond motifs is 1. The molecule has 1 aliphatic heterocycles. The van der Waals surface area contributed by atoms with Gasteiger partial charge in [0, 0.05) is 6.07 Å². The molecule has 0 spiro atoms. The van der Waals surface area contributed by atoms with Crippen LogP contribution in [0, 0.1) is 0 Å². The first-order valence-electron chi connectivity index (χ1n) is 6.52. The molecule has 0 fully saturated rings. The summed E-state index contributed by atoms with van der Waals surface area (Å²) in [6, 6.07) is 8.37. The molecule has 0 radical (unpaired) electrons. The van der Waals surface area contributed by atoms with Gasteiger partial charge in [-0.2, -0.15) is 0 Å². The van der Waals surface area contributed by atoms with E-state index in [1.807, 2.05) is 6.07 Å². The van der Waals surface area contributed by atoms with Gasteiger partial charge in [0.25, 0.3) is 0 Å². The molecule has 0 saturated heterocycles. The second-order valence-electron chi connectivity index (χ2n) is 4.93. The molecule has 0 atom stereocenters. The number of rotatable bonds is 3. The molecular weight excluding hydrogens is 225 g/mol. The van der Waals surface area contributed by atoms with E-state index in [2.05, 4.69) is 23.4 Å². The van der Waals surface area contributed by atoms with Gasteiger partial charge >= 0.3 is 6.92 Å². The van der Waals surface area contributed by atoms with Crippen molar-refractivity contribution in [3.8, 4) is 0 Å². The molecule has 3 nitrogen and oxygen atoms in total. The van der Waals surface area contributed by atoms with Crippen molar-refractivity contribution in [2.45, 2.75) is 32.0 Å². The maximum Gasteiger partial charge on any atom is 0.323 e. The average Bonchev–Trinajstić information content (AvgIpc) is 2.90. The Morgan fingerprint density at radius 2 is 2.22 bits per heavy atom. The molecule has 1 aromatic heterocycles. The number of aromatic nitrogens is 1. The van der Waals surface area contributed by atoms with E-state index in [9.17, 15) is 5.02 Å². The summed E-state index contributed by atoms with van der Waals surface area (Å²) in [5, 5.41) is 13.9. The van der Waals surface area contributed by atoms with E-state index >= 15 is 0 Å². The Bertz CT molecular complexity index is 525. The van der Waals surface area contributed by atoms with Crippen LogP contribution in [-0.2, 0) is 19.3 Å². The third kappa shape index (κ3) is 2.34. The Kier molecular flexibility index (Phi) is 3.20. The van der Waals surface area contributed by atoms with E-state index in [-0.39, 0.29) is 6.92 Å². The van der Waals surface area contributed by atoms with Crippen molar-refractivity contribution in [2.24, 2.45) is 0 Å². The van der Waals surface area contributed by atoms with E-state index in [0.29, 0.717) is 0 Å². The normalized spacial score (nSPS) is 14.6. The van der Waals surface area contributed by atoms with Crippen LogP contribution in [0.2, 0.25) is 6.32 Å². The van der Waals surface area contributed by atoms with E-state index in [1.54, 1.807) is 6.26 Å². The van der Waals surface area contributed by atoms with Crippen LogP contribution in [-0.4, -0.2) is 17.1 Å². The summed E-state index contributed by atoms with van der Waals surface area (Å²) >= 11 is 0. The fraction of sp³-hybridized carbons (Fsp3) is 0.357. The summed E-state index contributed by atoms with van der Waals surface area (Å²) in [6.07, 6.45) is 6.49. The molecule has 18 heavy (non-hydrogen) atoms. The van der Waals surface area contributed by atoms with Crippen LogP contribution in [0.5, 0.6) is 0 Å². The predicted molar refractivity (Wildman–Crippen MR) is 71.1 cm³/mol. The SMILES string of the molecule is OB1CCCc2ccc(CCc3ccon3)cc21. The fourth-order valence-electron chi connectivity index (χ4n) is 2.62. The highest BCUT2D eigenvalue weighted by atomic mass is 16.5. The Hall–Kier alpha value is -1.55. The molecule has 2 aromatic rings. The zero-order valence-corrected chi connectivity index (χ0v) is 10.3. The molecule has 0 unspecified atom stereocenters. The van der Waals surface area contributed by atoms with Crippen molar-refractivity contribution in [1.82, 2.24) is 5.16 Å². The zero-order chi connectivity index (χ0) is 12.4. The largest absolute Gasteiger partial charge is 0.446 e. The predicted octanol–water partition coefficient (Wildman–Crippen LogP) is 1.60. The quantitative estimate of drug-likeness (QED) is 0.830. The molecule has 0 bridgehead atoms. The lowest BCUT2D eigenvalue weighted by Gasteiger charge is -2.19. The highest BCUT2D eigenvalue weighted by Crippen LogP contribution is 2.15. The lowest BCUT2D eigenvalue weighted by molar-refractivity contribution is 0.411. The molecule has 4 heteroatoms. The first-order valence-corrected chi connectivity index (χ1v) is 6.52. The summed E-state index contributed by atoms with van der Waals surface area (Å²) in [4.78, 5) is 0. The first-order chi connectivity index (χ1) is 8.83. The second-order valence-corrected chi connectivity index (χ2v) is 4.93. The molecule has 3 rings (SSSR count). The Morgan fingerprint density at radius 3 is 3.06 bits per heavy atom. The van der Waals surface area contributed by atoms with Gasteiger partial charge in [-0.1, -0.05) is 35.3 Å². The number of aryl methyl sites for hydroxylation is 3. The lowest BCUT2D eigenvalue weighted by atomic mass is 9.53. The smallest absolute Gasteiger partial charge is 0.323 e. The van der Waals surface area contributed by atoms with Crippen LogP contribution in [0.4, 0.5) is 0 Å². The van der Waals surface area contributed by atoms with Gasteiger partial charge in [0.1, 0.15) is 6.26 Å². The molecule has 1 N–H and O–H groups in total. The minimum Gasteiger partial charge on any atom is -0.446 e. The van der Waals surface area contributed by atoms with Crippen LogP contribution in [0.3, 0.4) is 0 Å². The molecule has 2 heterocycles. The van der Waals surface area contributed by atoms with Gasteiger partial charge in [-0.05, 0) is 36.6 Å². The van der Waals surface area contributed by atoms with Gasteiger partial charge in [-0.25, -0.2) is 0 Å². The van der Waals surface area contributed by atoms with Crippen LogP contribution < -0.4 is 5.46 Å². The van der Waals surface area contributed by atoms with E-state index in [0.717, 1.165) is 43.2 Å². The third-order valence-corrected chi connectivity index (χ3v) is 3.65. The van der Waals surface area contributed by atoms with Crippen LogP contribution in [0.15, 0.2) is 35.1 Å². The Morgan fingerprint density at radius 1 is 1.28 bits per heavy atom. The summed E-state index contributed by atoms with van der Waals surface area (Å²) in [7, 11) is 0. The Balaban J connectivity index is 1.75. The molecule has 1 aliphatic rings. The van der Waals surface area contributed by atoms with Gasteiger partial charge in [0.2, 0.25) is 0 Å². The van der Waals surface area contributed by atoms with E-state index in [4.69, 9.17) is 4.52 Å². The molecule has 0 saturated carbocycles. The topological polar surface area (TPSA) is 46.3 Å². The first kappa shape index (κ1) is 11.5. The van der Waals surface area contributed by atoms with Crippen molar-refractivity contribution >= 4 is 12.4 Å². The summed E-state index contributed by atoms with van der Waals surface area (Å²) in [5.74, 6) is 0. The number of hydrogen-bond acceptors (Lipinski definition) is 3. The molecular formula is C14H16BNO2. The van der Waals surface area contributed by atoms with E-state index < -0.39 is 0 Å². The van der Waals surface area contributed by atoms with Gasteiger partial charge in [-0.3, -0.25) is 0 Å². The standard InChI is InChI=1S/C14H16BNO2/c17-15-8-1-2-12-5-3-11(10-14(12)15)4-6-13-7-9-18-16-13/h3,5,7,9-10,17H,1-2,4,6,8H2. The van der Waals surface area contributed by atoms with Crippen molar-refractivity contribution in [2.75, 3.05) is 0 Å². The fourth-order valence-corrected chi connectivity index (χ4v) is 2.62. The maximum atomic E-state index is 10.0. The minimum absolute atomic E-state index is 0.277. The number of nitrogens with zero attached hydrogens (tertiary/aromatic N) is 1. The van der Waals surface area contributed by atoms with Gasteiger partial charge in [-0.15, -0.1) is 0 Å². The summed E-state index contributed by atoms with van der Waals surface area (Å²) in [5.41, 5.74) is 4.67. The van der Waals surface area contributed by atoms with Gasteiger partial charge in [0.05, 0.1) is 5.69 Å². The van der Waals surface area contributed by atoms with Crippen LogP contribution in [0.1, 0.15) is 23.2 Å². The lowest BCUT2D eigenvalue weighted by Crippen LogP contribution is -2.36. The summed E-state index contributed by atoms with van der Waals surface area (Å²) < 4.78 is 4.82. The highest BCUT2D eigenvalue weighted by Gasteiger charge is 2.22. The molecule has 92 valence electrons. The monoisotopic (exact) mass is 241 g/mol. The van der Waals surface area contributed by atoms with Crippen LogP contribution in [0.25, 0.3) is 0 Å². The van der Waals surface area contributed by atoms with Crippen molar-refractivity contribution in [1.29, 1.82) is 0 Å². The highest BCUT2D eigenvalue weighted by molar-refractivity contribution is 6.67. The Labute approximate surface area is 107 Å². The molecule has 0 aliphatic carbocycles. The van der Waals surface area contributed by atoms with Crippen molar-refractivity contribution in [3.05, 3.63) is 47.3 Å². The van der Waals surface area contributed by atoms with E-state index in [1.165, 1.54) is 11.1 Å². The summed E-state index contributed by atoms with van der Waals surface area (Å²) in [6.45, 7) is -0.277. The zero-order valence-electron chi connectivity index (χ0n) is 10.3. The third-order valence-electron chi connectivity index (χ3n) is 3.65. The maximum absolute atomic E-state index is 10.0. The molecule has 1 aromatic carbocycles. The molecule has 0 amide bonds.